The van der Waals surface area contributed by atoms with Crippen LogP contribution < -0.4 is 0 Å². The van der Waals surface area contributed by atoms with E-state index in [1.165, 1.54) is 0 Å². The molecule has 2 rings (SSSR count). The number of nitrogens with zero attached hydrogens (tertiary/aromatic N) is 3. The van der Waals surface area contributed by atoms with Crippen LogP contribution in [0.1, 0.15) is 0 Å². The largest absolute Gasteiger partial charge is 0.498 e. The molecule has 0 saturated carbocycles. The maximum atomic E-state index is 12.9. The van der Waals surface area contributed by atoms with Crippen LogP contribution in [-0.4, -0.2) is 61.9 Å². The summed E-state index contributed by atoms with van der Waals surface area (Å²) >= 11 is 0. The quantitative estimate of drug-likeness (QED) is 0.536. The Morgan fingerprint density at radius 1 is 1.00 bits per heavy atom. The lowest BCUT2D eigenvalue weighted by Crippen LogP contribution is -2.42. The predicted molar refractivity (Wildman–Crippen MR) is 63.0 cm³/mol. The zero-order chi connectivity index (χ0) is 12.1. The van der Waals surface area contributed by atoms with Gasteiger partial charge in [0.25, 0.3) is 0 Å². The summed E-state index contributed by atoms with van der Waals surface area (Å²) < 4.78 is 26.8. The van der Waals surface area contributed by atoms with Crippen LogP contribution in [0.3, 0.4) is 0 Å². The third kappa shape index (κ3) is 2.79. The molecular formula is C9H16N3O4P. The van der Waals surface area contributed by atoms with Crippen molar-refractivity contribution in [2.45, 2.75) is 0 Å². The third-order valence-electron chi connectivity index (χ3n) is 2.91. The molecule has 0 amide bonds. The highest BCUT2D eigenvalue weighted by Gasteiger charge is 2.42. The van der Waals surface area contributed by atoms with Gasteiger partial charge < -0.3 is 14.7 Å². The van der Waals surface area contributed by atoms with Gasteiger partial charge in [0.1, 0.15) is 0 Å². The van der Waals surface area contributed by atoms with Crippen molar-refractivity contribution in [2.24, 2.45) is 0 Å². The lowest BCUT2D eigenvalue weighted by atomic mass is 10.5. The zero-order valence-corrected chi connectivity index (χ0v) is 10.5. The Labute approximate surface area is 100 Å². The predicted octanol–water partition coefficient (Wildman–Crippen LogP) is 0.632. The molecule has 0 atom stereocenters. The summed E-state index contributed by atoms with van der Waals surface area (Å²) in [5, 5.41) is 13.1. The van der Waals surface area contributed by atoms with Gasteiger partial charge in [-0.3, -0.25) is 4.57 Å². The van der Waals surface area contributed by atoms with Crippen LogP contribution in [0.25, 0.3) is 5.01 Å². The van der Waals surface area contributed by atoms with Crippen molar-refractivity contribution in [3.05, 3.63) is 10.2 Å². The highest BCUT2D eigenvalue weighted by molar-refractivity contribution is 7.64. The van der Waals surface area contributed by atoms with Crippen molar-refractivity contribution in [3.8, 4) is 5.81 Å². The van der Waals surface area contributed by atoms with Gasteiger partial charge in [-0.1, -0.05) is 0 Å². The number of hydrogen-bond acceptors (Lipinski definition) is 4. The second-order valence-electron chi connectivity index (χ2n) is 3.87. The van der Waals surface area contributed by atoms with E-state index in [0.717, 1.165) is 0 Å². The maximum Gasteiger partial charge on any atom is 0.394 e. The van der Waals surface area contributed by atoms with Gasteiger partial charge in [0.2, 0.25) is 0 Å². The molecule has 0 spiro atoms. The Hall–Kier alpha value is -0.640. The second-order valence-corrected chi connectivity index (χ2v) is 6.29. The lowest BCUT2D eigenvalue weighted by molar-refractivity contribution is 0.0539. The van der Waals surface area contributed by atoms with Gasteiger partial charge in [-0.05, 0) is 0 Å². The molecule has 17 heavy (non-hydrogen) atoms. The van der Waals surface area contributed by atoms with E-state index in [4.69, 9.17) is 9.47 Å². The summed E-state index contributed by atoms with van der Waals surface area (Å²) in [4.78, 5) is 0. The van der Waals surface area contributed by atoms with Crippen LogP contribution in [0.15, 0.2) is 0 Å². The van der Waals surface area contributed by atoms with Crippen molar-refractivity contribution < 1.29 is 14.0 Å². The van der Waals surface area contributed by atoms with Crippen LogP contribution in [0, 0.1) is 11.0 Å². The zero-order valence-electron chi connectivity index (χ0n) is 9.58. The first-order chi connectivity index (χ1) is 8.27. The van der Waals surface area contributed by atoms with Crippen LogP contribution in [0.4, 0.5) is 0 Å². The van der Waals surface area contributed by atoms with Gasteiger partial charge in [-0.25, -0.2) is 9.34 Å². The van der Waals surface area contributed by atoms with Gasteiger partial charge in [-0.2, -0.15) is 0 Å². The molecule has 0 N–H and O–H groups in total. The van der Waals surface area contributed by atoms with Crippen molar-refractivity contribution in [1.29, 1.82) is 0 Å². The molecule has 2 heterocycles. The van der Waals surface area contributed by atoms with E-state index in [9.17, 15) is 9.77 Å². The number of hydrogen-bond donors (Lipinski definition) is 0. The Kier molecular flexibility index (Phi) is 4.37. The molecular weight excluding hydrogens is 245 g/mol. The van der Waals surface area contributed by atoms with Gasteiger partial charge >= 0.3 is 13.3 Å². The van der Waals surface area contributed by atoms with Gasteiger partial charge in [0, 0.05) is 31.2 Å². The van der Waals surface area contributed by atoms with E-state index < -0.39 is 7.44 Å². The fourth-order valence-electron chi connectivity index (χ4n) is 2.01. The van der Waals surface area contributed by atoms with Crippen LogP contribution in [-0.2, 0) is 14.0 Å². The minimum Gasteiger partial charge on any atom is -0.498 e. The molecule has 2 saturated heterocycles. The molecule has 0 aromatic carbocycles. The summed E-state index contributed by atoms with van der Waals surface area (Å²) in [6.45, 7) is 4.25. The highest BCUT2D eigenvalue weighted by Crippen LogP contribution is 2.52. The van der Waals surface area contributed by atoms with E-state index in [2.05, 4.69) is 10.8 Å². The highest BCUT2D eigenvalue weighted by atomic mass is 31.2. The first-order valence-electron chi connectivity index (χ1n) is 5.63. The number of rotatable bonds is 2. The molecule has 0 unspecified atom stereocenters. The van der Waals surface area contributed by atoms with E-state index in [0.29, 0.717) is 52.6 Å². The topological polar surface area (TPSA) is 69.4 Å². The summed E-state index contributed by atoms with van der Waals surface area (Å²) in [5.41, 5.74) is 0. The number of ether oxygens (including phenoxy) is 2. The average molecular weight is 261 g/mol. The van der Waals surface area contributed by atoms with Crippen LogP contribution >= 0.6 is 7.44 Å². The molecule has 2 aliphatic rings. The summed E-state index contributed by atoms with van der Waals surface area (Å²) in [6.07, 6.45) is 0. The fourth-order valence-corrected chi connectivity index (χ4v) is 4.14. The Bertz CT molecular complexity index is 333. The maximum absolute atomic E-state index is 12.9. The molecule has 0 aromatic rings. The van der Waals surface area contributed by atoms with Gasteiger partial charge in [-0.15, -0.1) is 0 Å². The summed E-state index contributed by atoms with van der Waals surface area (Å²) in [6, 6.07) is 0. The molecule has 0 aromatic heterocycles. The first-order valence-corrected chi connectivity index (χ1v) is 7.24. The first kappa shape index (κ1) is 12.8. The smallest absolute Gasteiger partial charge is 0.394 e. The van der Waals surface area contributed by atoms with E-state index >= 15 is 0 Å². The molecule has 0 bridgehead atoms. The van der Waals surface area contributed by atoms with Crippen LogP contribution in [0.2, 0.25) is 0 Å². The molecule has 2 aliphatic heterocycles. The normalized spacial score (nSPS) is 24.0. The molecule has 7 nitrogen and oxygen atoms in total. The van der Waals surface area contributed by atoms with Crippen LogP contribution in [0.5, 0.6) is 0 Å². The van der Waals surface area contributed by atoms with E-state index in [-0.39, 0.29) is 0 Å². The van der Waals surface area contributed by atoms with E-state index in [1.54, 1.807) is 9.34 Å². The minimum absolute atomic E-state index is 0.523. The molecule has 2 fully saturated rings. The van der Waals surface area contributed by atoms with Crippen molar-refractivity contribution in [3.63, 3.8) is 0 Å². The lowest BCUT2D eigenvalue weighted by Gasteiger charge is -2.36. The Balaban J connectivity index is 2.16. The Morgan fingerprint density at radius 2 is 1.41 bits per heavy atom. The molecule has 0 radical (unpaired) electrons. The fraction of sp³-hybridized carbons (Fsp3) is 0.889. The summed E-state index contributed by atoms with van der Waals surface area (Å²) in [7, 11) is -3.09. The SMILES string of the molecule is O=P(C#[N+][O-])(N1CCOCC1)N1CCOCC1. The molecule has 96 valence electrons. The standard InChI is InChI=1S/C9H16N3O4P/c13-10-9-17(14,11-1-5-15-6-2-11)12-3-7-16-8-4-12/h1-8H2. The monoisotopic (exact) mass is 261 g/mol. The van der Waals surface area contributed by atoms with E-state index in [1.807, 2.05) is 0 Å². The number of morpholine rings is 2. The van der Waals surface area contributed by atoms with Crippen molar-refractivity contribution in [1.82, 2.24) is 9.34 Å². The average Bonchev–Trinajstić information content (AvgIpc) is 2.41. The van der Waals surface area contributed by atoms with Crippen molar-refractivity contribution in [2.75, 3.05) is 52.6 Å². The second kappa shape index (κ2) is 5.80. The molecule has 8 heteroatoms. The summed E-state index contributed by atoms with van der Waals surface area (Å²) in [5.74, 6) is 2.26. The Morgan fingerprint density at radius 3 is 1.76 bits per heavy atom. The van der Waals surface area contributed by atoms with Gasteiger partial charge in [0.05, 0.1) is 26.4 Å². The molecule has 0 aliphatic carbocycles. The van der Waals surface area contributed by atoms with Gasteiger partial charge in [0.15, 0.2) is 0 Å². The minimum atomic E-state index is -3.09. The third-order valence-corrected chi connectivity index (χ3v) is 5.59. The van der Waals surface area contributed by atoms with Crippen molar-refractivity contribution >= 4 is 7.44 Å².